The number of hydrogen-bond donors (Lipinski definition) is 1. The average Bonchev–Trinajstić information content (AvgIpc) is 2.46. The lowest BCUT2D eigenvalue weighted by molar-refractivity contribution is -0.0525. The van der Waals surface area contributed by atoms with Crippen LogP contribution in [0.1, 0.15) is 75.3 Å². The largest absolute Gasteiger partial charge is 0.456 e. The Labute approximate surface area is 150 Å². The number of nitrogens with two attached hydrogens (primary N) is 1. The molecule has 136 valence electrons. The molecule has 0 aliphatic heterocycles. The molecule has 1 aromatic rings. The van der Waals surface area contributed by atoms with Crippen molar-refractivity contribution in [2.45, 2.75) is 71.3 Å². The number of carbonyl (C=O) groups is 1. The van der Waals surface area contributed by atoms with E-state index in [0.29, 0.717) is 16.7 Å². The third kappa shape index (κ3) is 3.40. The molecule has 0 radical (unpaired) electrons. The van der Waals surface area contributed by atoms with Crippen molar-refractivity contribution in [2.24, 2.45) is 23.2 Å². The second-order valence-electron chi connectivity index (χ2n) is 9.86. The Morgan fingerprint density at radius 1 is 1.20 bits per heavy atom. The van der Waals surface area contributed by atoms with E-state index in [9.17, 15) is 4.79 Å². The second-order valence-corrected chi connectivity index (χ2v) is 9.86. The van der Waals surface area contributed by atoms with Gasteiger partial charge in [-0.1, -0.05) is 0 Å². The van der Waals surface area contributed by atoms with E-state index < -0.39 is 5.60 Å². The Morgan fingerprint density at radius 3 is 2.24 bits per heavy atom. The van der Waals surface area contributed by atoms with Crippen LogP contribution >= 0.6 is 0 Å². The second kappa shape index (κ2) is 5.72. The standard InChI is InChI=1S/C21H30N2O2/c1-20(2,3)25-19(24)16-7-17(22)18(23-12-16)11-21-8-13-4-14(9-21)6-15(5-13)10-21/h7,12-15H,4-6,8-11,22H2,1-3H3. The minimum Gasteiger partial charge on any atom is -0.456 e. The molecule has 4 heteroatoms. The van der Waals surface area contributed by atoms with Crippen LogP contribution in [0.15, 0.2) is 12.3 Å². The monoisotopic (exact) mass is 342 g/mol. The fourth-order valence-electron chi connectivity index (χ4n) is 5.97. The van der Waals surface area contributed by atoms with Crippen molar-refractivity contribution < 1.29 is 9.53 Å². The highest BCUT2D eigenvalue weighted by atomic mass is 16.6. The summed E-state index contributed by atoms with van der Waals surface area (Å²) in [4.78, 5) is 16.8. The summed E-state index contributed by atoms with van der Waals surface area (Å²) in [6.45, 7) is 5.59. The Balaban J connectivity index is 1.51. The summed E-state index contributed by atoms with van der Waals surface area (Å²) >= 11 is 0. The van der Waals surface area contributed by atoms with Crippen molar-refractivity contribution in [1.82, 2.24) is 4.98 Å². The molecule has 1 heterocycles. The Hall–Kier alpha value is -1.58. The molecule has 4 fully saturated rings. The molecule has 0 unspecified atom stereocenters. The van der Waals surface area contributed by atoms with Crippen molar-refractivity contribution in [1.29, 1.82) is 0 Å². The SMILES string of the molecule is CC(C)(C)OC(=O)c1cnc(CC23CC4CC(CC(C4)C2)C3)c(N)c1. The van der Waals surface area contributed by atoms with Gasteiger partial charge in [-0.2, -0.15) is 0 Å². The summed E-state index contributed by atoms with van der Waals surface area (Å²) in [7, 11) is 0. The topological polar surface area (TPSA) is 65.2 Å². The Morgan fingerprint density at radius 2 is 1.76 bits per heavy atom. The third-order valence-corrected chi connectivity index (χ3v) is 6.35. The number of anilines is 1. The highest BCUT2D eigenvalue weighted by Gasteiger charge is 2.50. The molecule has 25 heavy (non-hydrogen) atoms. The van der Waals surface area contributed by atoms with Crippen LogP contribution in [0.25, 0.3) is 0 Å². The number of hydrogen-bond acceptors (Lipinski definition) is 4. The molecular formula is C21H30N2O2. The summed E-state index contributed by atoms with van der Waals surface area (Å²) in [5.74, 6) is 2.42. The van der Waals surface area contributed by atoms with Gasteiger partial charge in [-0.25, -0.2) is 4.79 Å². The minimum atomic E-state index is -0.510. The number of rotatable bonds is 3. The molecule has 4 saturated carbocycles. The highest BCUT2D eigenvalue weighted by Crippen LogP contribution is 2.61. The van der Waals surface area contributed by atoms with E-state index in [4.69, 9.17) is 10.5 Å². The maximum Gasteiger partial charge on any atom is 0.340 e. The van der Waals surface area contributed by atoms with Gasteiger partial charge in [0.2, 0.25) is 0 Å². The first-order valence-electron chi connectivity index (χ1n) is 9.69. The van der Waals surface area contributed by atoms with Crippen molar-refractivity contribution >= 4 is 11.7 Å². The molecule has 0 amide bonds. The first-order chi connectivity index (χ1) is 11.7. The van der Waals surface area contributed by atoms with Gasteiger partial charge in [-0.3, -0.25) is 4.98 Å². The van der Waals surface area contributed by atoms with Crippen LogP contribution in [0.4, 0.5) is 5.69 Å². The number of nitrogens with zero attached hydrogens (tertiary/aromatic N) is 1. The molecule has 0 saturated heterocycles. The van der Waals surface area contributed by atoms with Gasteiger partial charge in [0.25, 0.3) is 0 Å². The number of nitrogen functional groups attached to an aromatic ring is 1. The zero-order chi connectivity index (χ0) is 17.8. The molecule has 4 nitrogen and oxygen atoms in total. The van der Waals surface area contributed by atoms with Crippen LogP contribution in [0.3, 0.4) is 0 Å². The van der Waals surface area contributed by atoms with Gasteiger partial charge in [0.1, 0.15) is 5.60 Å². The number of carbonyl (C=O) groups excluding carboxylic acids is 1. The van der Waals surface area contributed by atoms with Crippen LogP contribution in [-0.4, -0.2) is 16.6 Å². The zero-order valence-electron chi connectivity index (χ0n) is 15.7. The highest BCUT2D eigenvalue weighted by molar-refractivity contribution is 5.90. The molecule has 5 rings (SSSR count). The molecule has 2 N–H and O–H groups in total. The fourth-order valence-corrected chi connectivity index (χ4v) is 5.97. The summed E-state index contributed by atoms with van der Waals surface area (Å²) in [5, 5.41) is 0. The summed E-state index contributed by atoms with van der Waals surface area (Å²) in [6, 6.07) is 1.75. The predicted molar refractivity (Wildman–Crippen MR) is 98.1 cm³/mol. The van der Waals surface area contributed by atoms with Crippen molar-refractivity contribution in [3.63, 3.8) is 0 Å². The average molecular weight is 342 g/mol. The molecule has 4 aliphatic carbocycles. The molecule has 0 spiro atoms. The van der Waals surface area contributed by atoms with E-state index in [1.54, 1.807) is 12.3 Å². The number of aromatic nitrogens is 1. The van der Waals surface area contributed by atoms with E-state index in [1.807, 2.05) is 20.8 Å². The number of ether oxygens (including phenoxy) is 1. The van der Waals surface area contributed by atoms with Crippen LogP contribution in [0.5, 0.6) is 0 Å². The lowest BCUT2D eigenvalue weighted by atomic mass is 9.48. The van der Waals surface area contributed by atoms with Gasteiger partial charge >= 0.3 is 5.97 Å². The summed E-state index contributed by atoms with van der Waals surface area (Å²) in [5.41, 5.74) is 8.23. The molecule has 4 aliphatic rings. The van der Waals surface area contributed by atoms with Crippen molar-refractivity contribution in [2.75, 3.05) is 5.73 Å². The van der Waals surface area contributed by atoms with E-state index in [0.717, 1.165) is 29.9 Å². The van der Waals surface area contributed by atoms with E-state index in [2.05, 4.69) is 4.98 Å². The number of pyridine rings is 1. The fraction of sp³-hybridized carbons (Fsp3) is 0.714. The quantitative estimate of drug-likeness (QED) is 0.828. The smallest absolute Gasteiger partial charge is 0.340 e. The normalized spacial score (nSPS) is 33.5. The first-order valence-corrected chi connectivity index (χ1v) is 9.69. The third-order valence-electron chi connectivity index (χ3n) is 6.35. The lowest BCUT2D eigenvalue weighted by Gasteiger charge is -2.57. The van der Waals surface area contributed by atoms with Crippen molar-refractivity contribution in [3.8, 4) is 0 Å². The molecule has 0 aromatic carbocycles. The van der Waals surface area contributed by atoms with Crippen LogP contribution in [0.2, 0.25) is 0 Å². The number of esters is 1. The lowest BCUT2D eigenvalue weighted by Crippen LogP contribution is -2.47. The van der Waals surface area contributed by atoms with Crippen LogP contribution in [-0.2, 0) is 11.2 Å². The molecular weight excluding hydrogens is 312 g/mol. The molecule has 0 atom stereocenters. The molecule has 4 bridgehead atoms. The summed E-state index contributed by atoms with van der Waals surface area (Å²) in [6.07, 6.45) is 11.0. The van der Waals surface area contributed by atoms with E-state index in [-0.39, 0.29) is 5.97 Å². The predicted octanol–water partition coefficient (Wildman–Crippen LogP) is 4.38. The maximum atomic E-state index is 12.2. The maximum absolute atomic E-state index is 12.2. The van der Waals surface area contributed by atoms with E-state index in [1.165, 1.54) is 38.5 Å². The van der Waals surface area contributed by atoms with Gasteiger partial charge in [0, 0.05) is 6.20 Å². The zero-order valence-corrected chi connectivity index (χ0v) is 15.7. The minimum absolute atomic E-state index is 0.354. The first kappa shape index (κ1) is 16.9. The Kier molecular flexibility index (Phi) is 3.86. The van der Waals surface area contributed by atoms with E-state index >= 15 is 0 Å². The van der Waals surface area contributed by atoms with Crippen LogP contribution in [0, 0.1) is 23.2 Å². The van der Waals surface area contributed by atoms with Gasteiger partial charge in [0.15, 0.2) is 0 Å². The van der Waals surface area contributed by atoms with Gasteiger partial charge in [-0.05, 0) is 95.0 Å². The van der Waals surface area contributed by atoms with Crippen LogP contribution < -0.4 is 5.73 Å². The van der Waals surface area contributed by atoms with Gasteiger partial charge in [-0.15, -0.1) is 0 Å². The Bertz CT molecular complexity index is 654. The summed E-state index contributed by atoms with van der Waals surface area (Å²) < 4.78 is 5.42. The van der Waals surface area contributed by atoms with Gasteiger partial charge < -0.3 is 10.5 Å². The molecule has 1 aromatic heterocycles. The van der Waals surface area contributed by atoms with Gasteiger partial charge in [0.05, 0.1) is 16.9 Å². The van der Waals surface area contributed by atoms with Crippen molar-refractivity contribution in [3.05, 3.63) is 23.5 Å².